The van der Waals surface area contributed by atoms with Crippen LogP contribution in [0.5, 0.6) is 11.8 Å². The number of carbonyl (C=O) groups is 1. The summed E-state index contributed by atoms with van der Waals surface area (Å²) in [6, 6.07) is 2.52. The van der Waals surface area contributed by atoms with E-state index in [1.54, 1.807) is 6.92 Å². The van der Waals surface area contributed by atoms with E-state index in [2.05, 4.69) is 4.98 Å². The highest BCUT2D eigenvalue weighted by Crippen LogP contribution is 2.18. The zero-order valence-corrected chi connectivity index (χ0v) is 8.98. The lowest BCUT2D eigenvalue weighted by Gasteiger charge is -2.08. The predicted octanol–water partition coefficient (Wildman–Crippen LogP) is 0.629. The monoisotopic (exact) mass is 210 g/mol. The third-order valence-electron chi connectivity index (χ3n) is 1.89. The standard InChI is InChI=1S/C10H14N2O3/c1-6(11)10(13)7-4-8(14-2)12-9(5-7)15-3/h4-6H,11H2,1-3H3. The fourth-order valence-corrected chi connectivity index (χ4v) is 1.10. The molecule has 1 heterocycles. The minimum Gasteiger partial charge on any atom is -0.481 e. The van der Waals surface area contributed by atoms with Gasteiger partial charge in [-0.15, -0.1) is 0 Å². The number of rotatable bonds is 4. The largest absolute Gasteiger partial charge is 0.481 e. The molecule has 0 saturated carbocycles. The number of pyridine rings is 1. The van der Waals surface area contributed by atoms with Gasteiger partial charge in [-0.2, -0.15) is 4.98 Å². The van der Waals surface area contributed by atoms with E-state index in [9.17, 15) is 4.79 Å². The first-order chi connectivity index (χ1) is 7.08. The van der Waals surface area contributed by atoms with Gasteiger partial charge in [-0.1, -0.05) is 0 Å². The van der Waals surface area contributed by atoms with Crippen molar-refractivity contribution in [2.45, 2.75) is 13.0 Å². The van der Waals surface area contributed by atoms with E-state index in [4.69, 9.17) is 15.2 Å². The van der Waals surface area contributed by atoms with Gasteiger partial charge in [0.05, 0.1) is 20.3 Å². The van der Waals surface area contributed by atoms with Crippen molar-refractivity contribution >= 4 is 5.78 Å². The summed E-state index contributed by atoms with van der Waals surface area (Å²) in [5, 5.41) is 0. The fourth-order valence-electron chi connectivity index (χ4n) is 1.10. The molecule has 0 aliphatic carbocycles. The SMILES string of the molecule is COc1cc(C(=O)C(C)N)cc(OC)n1. The molecular weight excluding hydrogens is 196 g/mol. The minimum atomic E-state index is -0.554. The second kappa shape index (κ2) is 4.75. The maximum Gasteiger partial charge on any atom is 0.216 e. The van der Waals surface area contributed by atoms with Crippen LogP contribution in [0.15, 0.2) is 12.1 Å². The Morgan fingerprint density at radius 1 is 1.33 bits per heavy atom. The number of methoxy groups -OCH3 is 2. The molecule has 1 rings (SSSR count). The molecule has 5 heteroatoms. The lowest BCUT2D eigenvalue weighted by Crippen LogP contribution is -2.26. The summed E-state index contributed by atoms with van der Waals surface area (Å²) in [4.78, 5) is 15.6. The van der Waals surface area contributed by atoms with Gasteiger partial charge in [-0.3, -0.25) is 4.79 Å². The van der Waals surface area contributed by atoms with Crippen molar-refractivity contribution in [3.8, 4) is 11.8 Å². The Morgan fingerprint density at radius 3 is 2.13 bits per heavy atom. The Kier molecular flexibility index (Phi) is 3.62. The average molecular weight is 210 g/mol. The van der Waals surface area contributed by atoms with E-state index in [1.165, 1.54) is 26.4 Å². The summed E-state index contributed by atoms with van der Waals surface area (Å²) in [6.07, 6.45) is 0. The third-order valence-corrected chi connectivity index (χ3v) is 1.89. The summed E-state index contributed by atoms with van der Waals surface area (Å²) in [7, 11) is 2.95. The molecule has 0 aliphatic rings. The molecule has 1 atom stereocenters. The van der Waals surface area contributed by atoms with E-state index in [-0.39, 0.29) is 5.78 Å². The Bertz CT molecular complexity index is 341. The van der Waals surface area contributed by atoms with Crippen LogP contribution in [-0.2, 0) is 0 Å². The zero-order chi connectivity index (χ0) is 11.4. The smallest absolute Gasteiger partial charge is 0.216 e. The molecule has 0 bridgehead atoms. The van der Waals surface area contributed by atoms with Crippen molar-refractivity contribution in [1.82, 2.24) is 4.98 Å². The van der Waals surface area contributed by atoms with Crippen molar-refractivity contribution in [2.75, 3.05) is 14.2 Å². The van der Waals surface area contributed by atoms with Crippen LogP contribution in [0.25, 0.3) is 0 Å². The van der Waals surface area contributed by atoms with Crippen molar-refractivity contribution in [3.63, 3.8) is 0 Å². The highest BCUT2D eigenvalue weighted by Gasteiger charge is 2.14. The number of nitrogens with two attached hydrogens (primary N) is 1. The molecule has 0 aromatic carbocycles. The van der Waals surface area contributed by atoms with Crippen LogP contribution in [0.2, 0.25) is 0 Å². The van der Waals surface area contributed by atoms with Gasteiger partial charge in [0.2, 0.25) is 11.8 Å². The van der Waals surface area contributed by atoms with Crippen LogP contribution in [-0.4, -0.2) is 31.0 Å². The maximum atomic E-state index is 11.6. The van der Waals surface area contributed by atoms with Gasteiger partial charge in [-0.05, 0) is 6.92 Å². The van der Waals surface area contributed by atoms with Crippen LogP contribution in [0.1, 0.15) is 17.3 Å². The maximum absolute atomic E-state index is 11.6. The molecule has 2 N–H and O–H groups in total. The first kappa shape index (κ1) is 11.5. The molecule has 1 unspecified atom stereocenters. The highest BCUT2D eigenvalue weighted by molar-refractivity contribution is 6.00. The number of hydrogen-bond acceptors (Lipinski definition) is 5. The number of aromatic nitrogens is 1. The molecule has 0 amide bonds. The zero-order valence-electron chi connectivity index (χ0n) is 8.98. The number of nitrogens with zero attached hydrogens (tertiary/aromatic N) is 1. The molecule has 15 heavy (non-hydrogen) atoms. The van der Waals surface area contributed by atoms with Crippen molar-refractivity contribution in [3.05, 3.63) is 17.7 Å². The Morgan fingerprint density at radius 2 is 1.80 bits per heavy atom. The quantitative estimate of drug-likeness (QED) is 0.738. The van der Waals surface area contributed by atoms with Crippen LogP contribution < -0.4 is 15.2 Å². The molecule has 82 valence electrons. The molecule has 0 aliphatic heterocycles. The summed E-state index contributed by atoms with van der Waals surface area (Å²) < 4.78 is 9.89. The molecule has 1 aromatic heterocycles. The Hall–Kier alpha value is -1.62. The number of carbonyl (C=O) groups excluding carboxylic acids is 1. The predicted molar refractivity (Wildman–Crippen MR) is 55.3 cm³/mol. The van der Waals surface area contributed by atoms with Gasteiger partial charge >= 0.3 is 0 Å². The van der Waals surface area contributed by atoms with E-state index < -0.39 is 6.04 Å². The van der Waals surface area contributed by atoms with E-state index in [0.717, 1.165) is 0 Å². The van der Waals surface area contributed by atoms with Crippen LogP contribution >= 0.6 is 0 Å². The normalized spacial score (nSPS) is 12.0. The third kappa shape index (κ3) is 2.66. The fraction of sp³-hybridized carbons (Fsp3) is 0.400. The summed E-state index contributed by atoms with van der Waals surface area (Å²) >= 11 is 0. The molecular formula is C10H14N2O3. The molecule has 0 radical (unpaired) electrons. The second-order valence-corrected chi connectivity index (χ2v) is 3.09. The molecule has 0 saturated heterocycles. The minimum absolute atomic E-state index is 0.172. The van der Waals surface area contributed by atoms with Gasteiger partial charge in [0, 0.05) is 17.7 Å². The number of ketones is 1. The highest BCUT2D eigenvalue weighted by atomic mass is 16.5. The van der Waals surface area contributed by atoms with Gasteiger partial charge < -0.3 is 15.2 Å². The van der Waals surface area contributed by atoms with Crippen LogP contribution in [0.3, 0.4) is 0 Å². The van der Waals surface area contributed by atoms with E-state index >= 15 is 0 Å². The van der Waals surface area contributed by atoms with Crippen molar-refractivity contribution < 1.29 is 14.3 Å². The van der Waals surface area contributed by atoms with Crippen molar-refractivity contribution in [2.24, 2.45) is 5.73 Å². The van der Waals surface area contributed by atoms with E-state index in [0.29, 0.717) is 17.3 Å². The number of hydrogen-bond donors (Lipinski definition) is 1. The van der Waals surface area contributed by atoms with Gasteiger partial charge in [0.1, 0.15) is 0 Å². The van der Waals surface area contributed by atoms with Gasteiger partial charge in [0.25, 0.3) is 0 Å². The van der Waals surface area contributed by atoms with Gasteiger partial charge in [0.15, 0.2) is 5.78 Å². The Labute approximate surface area is 88.2 Å². The van der Waals surface area contributed by atoms with Crippen molar-refractivity contribution in [1.29, 1.82) is 0 Å². The van der Waals surface area contributed by atoms with Gasteiger partial charge in [-0.25, -0.2) is 0 Å². The topological polar surface area (TPSA) is 74.4 Å². The van der Waals surface area contributed by atoms with Crippen LogP contribution in [0.4, 0.5) is 0 Å². The summed E-state index contributed by atoms with van der Waals surface area (Å²) in [6.45, 7) is 1.63. The first-order valence-corrected chi connectivity index (χ1v) is 4.48. The average Bonchev–Trinajstić information content (AvgIpc) is 2.27. The van der Waals surface area contributed by atoms with Crippen LogP contribution in [0, 0.1) is 0 Å². The summed E-state index contributed by atoms with van der Waals surface area (Å²) in [5.41, 5.74) is 5.94. The molecule has 0 fully saturated rings. The summed E-state index contributed by atoms with van der Waals surface area (Å²) in [5.74, 6) is 0.491. The number of Topliss-reactive ketones (excluding diaryl/α,β-unsaturated/α-hetero) is 1. The lowest BCUT2D eigenvalue weighted by molar-refractivity contribution is 0.0967. The first-order valence-electron chi connectivity index (χ1n) is 4.48. The Balaban J connectivity index is 3.12. The van der Waals surface area contributed by atoms with E-state index in [1.807, 2.05) is 0 Å². The lowest BCUT2D eigenvalue weighted by atomic mass is 10.1. The molecule has 0 spiro atoms. The second-order valence-electron chi connectivity index (χ2n) is 3.09. The molecule has 5 nitrogen and oxygen atoms in total. The number of ether oxygens (including phenoxy) is 2. The molecule has 1 aromatic rings.